The molecule has 19 heavy (non-hydrogen) atoms. The molecule has 1 heterocycles. The summed E-state index contributed by atoms with van der Waals surface area (Å²) in [5.41, 5.74) is 0. The van der Waals surface area contributed by atoms with Gasteiger partial charge in [0.15, 0.2) is 0 Å². The fourth-order valence-corrected chi connectivity index (χ4v) is 3.44. The minimum absolute atomic E-state index is 0.0134. The highest BCUT2D eigenvalue weighted by Crippen LogP contribution is 2.26. The number of rotatable bonds is 5. The summed E-state index contributed by atoms with van der Waals surface area (Å²) >= 11 is 7.36. The van der Waals surface area contributed by atoms with Crippen LogP contribution in [0.15, 0.2) is 11.4 Å². The summed E-state index contributed by atoms with van der Waals surface area (Å²) in [7, 11) is 0. The number of hydrogen-bond acceptors (Lipinski definition) is 3. The van der Waals surface area contributed by atoms with Crippen LogP contribution in [0.4, 0.5) is 0 Å². The fraction of sp³-hybridized carbons (Fsp3) is 0.538. The van der Waals surface area contributed by atoms with Crippen molar-refractivity contribution in [3.63, 3.8) is 0 Å². The number of carboxylic acids is 1. The van der Waals surface area contributed by atoms with Gasteiger partial charge in [0.05, 0.1) is 10.9 Å². The monoisotopic (exact) mass is 301 g/mol. The third-order valence-corrected chi connectivity index (χ3v) is 4.71. The molecule has 1 aromatic rings. The average molecular weight is 302 g/mol. The fourth-order valence-electron chi connectivity index (χ4n) is 2.36. The van der Waals surface area contributed by atoms with E-state index in [-0.39, 0.29) is 17.9 Å². The first kappa shape index (κ1) is 14.3. The van der Waals surface area contributed by atoms with Crippen molar-refractivity contribution in [1.82, 2.24) is 5.32 Å². The van der Waals surface area contributed by atoms with Gasteiger partial charge in [-0.2, -0.15) is 0 Å². The molecule has 0 aliphatic heterocycles. The topological polar surface area (TPSA) is 66.4 Å². The SMILES string of the molecule is O=C(CCc1cc(Cl)cs1)N[C@H]1CC[C@@H](C(=O)O)C1. The minimum atomic E-state index is -0.759. The lowest BCUT2D eigenvalue weighted by molar-refractivity contribution is -0.141. The summed E-state index contributed by atoms with van der Waals surface area (Å²) in [6.45, 7) is 0. The molecule has 1 aliphatic carbocycles. The van der Waals surface area contributed by atoms with Crippen molar-refractivity contribution in [2.45, 2.75) is 38.1 Å². The van der Waals surface area contributed by atoms with Gasteiger partial charge in [-0.1, -0.05) is 11.6 Å². The molecule has 6 heteroatoms. The molecule has 0 saturated heterocycles. The quantitative estimate of drug-likeness (QED) is 0.879. The highest BCUT2D eigenvalue weighted by Gasteiger charge is 2.30. The average Bonchev–Trinajstić information content (AvgIpc) is 2.96. The van der Waals surface area contributed by atoms with Crippen LogP contribution in [0, 0.1) is 5.92 Å². The predicted molar refractivity (Wildman–Crippen MR) is 74.6 cm³/mol. The van der Waals surface area contributed by atoms with E-state index >= 15 is 0 Å². The van der Waals surface area contributed by atoms with Crippen LogP contribution >= 0.6 is 22.9 Å². The molecule has 2 N–H and O–H groups in total. The van der Waals surface area contributed by atoms with Crippen LogP contribution in [-0.4, -0.2) is 23.0 Å². The van der Waals surface area contributed by atoms with Gasteiger partial charge in [-0.25, -0.2) is 0 Å². The van der Waals surface area contributed by atoms with Crippen LogP contribution < -0.4 is 5.32 Å². The number of aryl methyl sites for hydroxylation is 1. The van der Waals surface area contributed by atoms with E-state index in [0.717, 1.165) is 11.3 Å². The number of carbonyl (C=O) groups excluding carboxylic acids is 1. The first-order chi connectivity index (χ1) is 9.04. The molecule has 1 fully saturated rings. The maximum Gasteiger partial charge on any atom is 0.306 e. The maximum absolute atomic E-state index is 11.8. The summed E-state index contributed by atoms with van der Waals surface area (Å²) in [4.78, 5) is 23.7. The molecule has 2 rings (SSSR count). The molecular weight excluding hydrogens is 286 g/mol. The second-order valence-electron chi connectivity index (χ2n) is 4.84. The van der Waals surface area contributed by atoms with Crippen molar-refractivity contribution >= 4 is 34.8 Å². The Balaban J connectivity index is 1.72. The van der Waals surface area contributed by atoms with Crippen LogP contribution in [-0.2, 0) is 16.0 Å². The lowest BCUT2D eigenvalue weighted by Crippen LogP contribution is -2.33. The molecule has 4 nitrogen and oxygen atoms in total. The number of hydrogen-bond donors (Lipinski definition) is 2. The zero-order chi connectivity index (χ0) is 13.8. The summed E-state index contributed by atoms with van der Waals surface area (Å²) in [5.74, 6) is -1.08. The standard InChI is InChI=1S/C13H16ClNO3S/c14-9-6-11(19-7-9)3-4-12(16)15-10-2-1-8(5-10)13(17)18/h6-8,10H,1-5H2,(H,15,16)(H,17,18)/t8-,10+/m1/s1. The number of nitrogens with one attached hydrogen (secondary N) is 1. The first-order valence-corrected chi connectivity index (χ1v) is 7.55. The largest absolute Gasteiger partial charge is 0.481 e. The Morgan fingerprint density at radius 1 is 1.47 bits per heavy atom. The normalized spacial score (nSPS) is 22.4. The molecule has 1 amide bonds. The van der Waals surface area contributed by atoms with Gasteiger partial charge in [0.1, 0.15) is 0 Å². The van der Waals surface area contributed by atoms with Gasteiger partial charge in [0, 0.05) is 22.7 Å². The summed E-state index contributed by atoms with van der Waals surface area (Å²) in [5, 5.41) is 14.4. The molecular formula is C13H16ClNO3S. The van der Waals surface area contributed by atoms with Gasteiger partial charge >= 0.3 is 5.97 Å². The number of carboxylic acid groups (broad SMARTS) is 1. The number of aliphatic carboxylic acids is 1. The highest BCUT2D eigenvalue weighted by molar-refractivity contribution is 7.10. The Bertz CT molecular complexity index is 474. The lowest BCUT2D eigenvalue weighted by atomic mass is 10.1. The molecule has 1 aromatic heterocycles. The zero-order valence-electron chi connectivity index (χ0n) is 10.4. The molecule has 2 atom stereocenters. The van der Waals surface area contributed by atoms with E-state index in [1.807, 2.05) is 11.4 Å². The molecule has 1 aliphatic rings. The van der Waals surface area contributed by atoms with E-state index in [0.29, 0.717) is 30.7 Å². The third kappa shape index (κ3) is 4.21. The molecule has 0 bridgehead atoms. The van der Waals surface area contributed by atoms with Gasteiger partial charge in [0.25, 0.3) is 0 Å². The van der Waals surface area contributed by atoms with Crippen LogP contribution in [0.1, 0.15) is 30.6 Å². The number of thiophene rings is 1. The van der Waals surface area contributed by atoms with Crippen LogP contribution in [0.2, 0.25) is 5.02 Å². The number of amides is 1. The summed E-state index contributed by atoms with van der Waals surface area (Å²) < 4.78 is 0. The van der Waals surface area contributed by atoms with Crippen molar-refractivity contribution in [3.05, 3.63) is 21.3 Å². The van der Waals surface area contributed by atoms with E-state index < -0.39 is 5.97 Å². The highest BCUT2D eigenvalue weighted by atomic mass is 35.5. The van der Waals surface area contributed by atoms with Gasteiger partial charge in [-0.3, -0.25) is 9.59 Å². The molecule has 0 unspecified atom stereocenters. The first-order valence-electron chi connectivity index (χ1n) is 6.29. The van der Waals surface area contributed by atoms with Crippen molar-refractivity contribution < 1.29 is 14.7 Å². The van der Waals surface area contributed by atoms with E-state index in [9.17, 15) is 9.59 Å². The maximum atomic E-state index is 11.8. The molecule has 104 valence electrons. The van der Waals surface area contributed by atoms with Crippen LogP contribution in [0.25, 0.3) is 0 Å². The predicted octanol–water partition coefficient (Wildman–Crippen LogP) is 2.70. The van der Waals surface area contributed by atoms with Gasteiger partial charge in [-0.15, -0.1) is 11.3 Å². The Hall–Kier alpha value is -1.07. The van der Waals surface area contributed by atoms with E-state index in [2.05, 4.69) is 5.32 Å². The third-order valence-electron chi connectivity index (χ3n) is 3.37. The van der Waals surface area contributed by atoms with Crippen molar-refractivity contribution in [3.8, 4) is 0 Å². The van der Waals surface area contributed by atoms with Crippen molar-refractivity contribution in [2.75, 3.05) is 0 Å². The van der Waals surface area contributed by atoms with E-state index in [1.165, 1.54) is 0 Å². The minimum Gasteiger partial charge on any atom is -0.481 e. The lowest BCUT2D eigenvalue weighted by Gasteiger charge is -2.12. The Morgan fingerprint density at radius 2 is 2.26 bits per heavy atom. The van der Waals surface area contributed by atoms with Crippen molar-refractivity contribution in [1.29, 1.82) is 0 Å². The molecule has 0 radical (unpaired) electrons. The number of carbonyl (C=O) groups is 2. The zero-order valence-corrected chi connectivity index (χ0v) is 12.0. The Morgan fingerprint density at radius 3 is 2.84 bits per heavy atom. The van der Waals surface area contributed by atoms with E-state index in [4.69, 9.17) is 16.7 Å². The second-order valence-corrected chi connectivity index (χ2v) is 6.28. The van der Waals surface area contributed by atoms with Gasteiger partial charge < -0.3 is 10.4 Å². The molecule has 1 saturated carbocycles. The molecule has 0 aromatic carbocycles. The van der Waals surface area contributed by atoms with Gasteiger partial charge in [0.2, 0.25) is 5.91 Å². The Kier molecular flexibility index (Phi) is 4.82. The van der Waals surface area contributed by atoms with Crippen LogP contribution in [0.5, 0.6) is 0 Å². The number of halogens is 1. The summed E-state index contributed by atoms with van der Waals surface area (Å²) in [6.07, 6.45) is 3.06. The summed E-state index contributed by atoms with van der Waals surface area (Å²) in [6, 6.07) is 1.88. The Labute approximate surface area is 120 Å². The van der Waals surface area contributed by atoms with Gasteiger partial charge in [-0.05, 0) is 31.7 Å². The smallest absolute Gasteiger partial charge is 0.306 e. The second kappa shape index (κ2) is 6.39. The van der Waals surface area contributed by atoms with Crippen LogP contribution in [0.3, 0.4) is 0 Å². The molecule has 0 spiro atoms. The van der Waals surface area contributed by atoms with Crippen molar-refractivity contribution in [2.24, 2.45) is 5.92 Å². The van der Waals surface area contributed by atoms with E-state index in [1.54, 1.807) is 11.3 Å².